The molecule has 25 heavy (non-hydrogen) atoms. The van der Waals surface area contributed by atoms with E-state index in [0.29, 0.717) is 0 Å². The fraction of sp³-hybridized carbons (Fsp3) is 0. The summed E-state index contributed by atoms with van der Waals surface area (Å²) in [5.74, 6) is 0. The quantitative estimate of drug-likeness (QED) is 0.229. The van der Waals surface area contributed by atoms with Crippen molar-refractivity contribution < 1.29 is 32.7 Å². The van der Waals surface area contributed by atoms with Crippen LogP contribution in [0.2, 0.25) is 0 Å². The van der Waals surface area contributed by atoms with Crippen LogP contribution in [0.25, 0.3) is 43.4 Å². The first-order chi connectivity index (χ1) is 11.9. The molecule has 1 radical (unpaired) electrons. The normalized spacial score (nSPS) is 10.9. The maximum absolute atomic E-state index is 3.40. The van der Waals surface area contributed by atoms with Crippen molar-refractivity contribution in [1.82, 2.24) is 0 Å². The van der Waals surface area contributed by atoms with E-state index in [1.165, 1.54) is 32.3 Å². The second-order valence-corrected chi connectivity index (χ2v) is 6.11. The van der Waals surface area contributed by atoms with Crippen molar-refractivity contribution in [2.45, 2.75) is 0 Å². The maximum atomic E-state index is 3.40. The molecule has 115 valence electrons. The van der Waals surface area contributed by atoms with Crippen molar-refractivity contribution in [2.24, 2.45) is 0 Å². The summed E-state index contributed by atoms with van der Waals surface area (Å²) in [6.07, 6.45) is 0. The number of hydrogen-bond donors (Lipinski definition) is 0. The van der Waals surface area contributed by atoms with E-state index in [0.717, 1.165) is 11.1 Å². The molecule has 0 aromatic heterocycles. The van der Waals surface area contributed by atoms with E-state index in [2.05, 4.69) is 72.8 Å². The van der Waals surface area contributed by atoms with Crippen molar-refractivity contribution in [2.75, 3.05) is 0 Å². The zero-order valence-corrected chi connectivity index (χ0v) is 16.5. The fourth-order valence-electron chi connectivity index (χ4n) is 3.43. The summed E-state index contributed by atoms with van der Waals surface area (Å²) in [6.45, 7) is 0. The Bertz CT molecular complexity index is 1190. The summed E-state index contributed by atoms with van der Waals surface area (Å²) < 4.78 is 0. The van der Waals surface area contributed by atoms with Gasteiger partial charge in [0.05, 0.1) is 0 Å². The van der Waals surface area contributed by atoms with Crippen LogP contribution >= 0.6 is 0 Å². The van der Waals surface area contributed by atoms with E-state index in [1.807, 2.05) is 24.3 Å². The molecule has 0 nitrogen and oxygen atoms in total. The van der Waals surface area contributed by atoms with Crippen LogP contribution in [0, 0.1) is 12.1 Å². The van der Waals surface area contributed by atoms with Gasteiger partial charge in [0.2, 0.25) is 0 Å². The summed E-state index contributed by atoms with van der Waals surface area (Å²) in [5, 5.41) is 7.56. The van der Waals surface area contributed by atoms with Crippen LogP contribution in [0.5, 0.6) is 0 Å². The minimum absolute atomic E-state index is 0. The first kappa shape index (κ1) is 16.5. The average molecular weight is 391 g/mol. The van der Waals surface area contributed by atoms with Gasteiger partial charge in [-0.3, -0.25) is 0 Å². The second-order valence-electron chi connectivity index (χ2n) is 6.11. The van der Waals surface area contributed by atoms with E-state index in [1.54, 1.807) is 0 Å². The molecule has 0 spiro atoms. The standard InChI is InChI=1S/C24H14.Y/c1-2-7-17(8-3-1)23-12-6-11-20-15-21-13-18-9-4-5-10-19(18)14-22(21)16-24(20)23;/h1-7,9-11,13-16H;/q-2;. The number of fused-ring (bicyclic) bond motifs is 3. The molecule has 0 N–H and O–H groups in total. The van der Waals surface area contributed by atoms with Gasteiger partial charge in [0.15, 0.2) is 0 Å². The third kappa shape index (κ3) is 2.90. The molecule has 5 rings (SSSR count). The van der Waals surface area contributed by atoms with Crippen molar-refractivity contribution in [3.8, 4) is 11.1 Å². The van der Waals surface area contributed by atoms with E-state index < -0.39 is 0 Å². The Hall–Kier alpha value is -2.02. The van der Waals surface area contributed by atoms with Crippen LogP contribution in [0.1, 0.15) is 0 Å². The van der Waals surface area contributed by atoms with Gasteiger partial charge in [0.1, 0.15) is 0 Å². The molecule has 0 aliphatic heterocycles. The van der Waals surface area contributed by atoms with Crippen LogP contribution in [0.3, 0.4) is 0 Å². The Kier molecular flexibility index (Phi) is 4.42. The number of rotatable bonds is 1. The van der Waals surface area contributed by atoms with E-state index in [-0.39, 0.29) is 32.7 Å². The Balaban J connectivity index is 0.00000157. The first-order valence-corrected chi connectivity index (χ1v) is 8.12. The van der Waals surface area contributed by atoms with Gasteiger partial charge in [0.25, 0.3) is 0 Å². The van der Waals surface area contributed by atoms with Gasteiger partial charge in [-0.1, -0.05) is 36.4 Å². The van der Waals surface area contributed by atoms with Crippen molar-refractivity contribution in [3.63, 3.8) is 0 Å². The zero-order valence-electron chi connectivity index (χ0n) is 13.7. The molecule has 1 heteroatoms. The zero-order chi connectivity index (χ0) is 15.9. The SMILES string of the molecule is [Y].[c-]1ccccc1-c1[c-]ccc2cc3cc4ccccc4cc3cc12. The topological polar surface area (TPSA) is 0 Å². The van der Waals surface area contributed by atoms with Gasteiger partial charge >= 0.3 is 0 Å². The third-order valence-corrected chi connectivity index (χ3v) is 4.61. The maximum Gasteiger partial charge on any atom is 0 e. The minimum Gasteiger partial charge on any atom is -0.226 e. The molecule has 0 bridgehead atoms. The van der Waals surface area contributed by atoms with Crippen molar-refractivity contribution in [3.05, 3.63) is 97.1 Å². The molecular weight excluding hydrogens is 377 g/mol. The largest absolute Gasteiger partial charge is 0.226 e. The molecule has 0 aliphatic carbocycles. The monoisotopic (exact) mass is 391 g/mol. The van der Waals surface area contributed by atoms with Gasteiger partial charge in [-0.15, -0.1) is 22.9 Å². The third-order valence-electron chi connectivity index (χ3n) is 4.61. The predicted molar refractivity (Wildman–Crippen MR) is 102 cm³/mol. The van der Waals surface area contributed by atoms with Crippen molar-refractivity contribution >= 4 is 32.3 Å². The van der Waals surface area contributed by atoms with E-state index in [4.69, 9.17) is 0 Å². The van der Waals surface area contributed by atoms with Gasteiger partial charge in [-0.25, -0.2) is 11.1 Å². The molecular formula is C24H14Y-2. The Labute approximate surface area is 172 Å². The molecule has 0 aliphatic rings. The van der Waals surface area contributed by atoms with Crippen LogP contribution in [-0.2, 0) is 32.7 Å². The van der Waals surface area contributed by atoms with E-state index in [9.17, 15) is 0 Å². The van der Waals surface area contributed by atoms with Crippen LogP contribution in [0.4, 0.5) is 0 Å². The number of hydrogen-bond acceptors (Lipinski definition) is 0. The van der Waals surface area contributed by atoms with Gasteiger partial charge in [-0.2, -0.15) is 36.4 Å². The molecule has 5 aromatic rings. The summed E-state index contributed by atoms with van der Waals surface area (Å²) in [5.41, 5.74) is 2.20. The smallest absolute Gasteiger partial charge is 0 e. The van der Waals surface area contributed by atoms with Crippen LogP contribution < -0.4 is 0 Å². The number of benzene rings is 5. The molecule has 0 atom stereocenters. The van der Waals surface area contributed by atoms with Crippen molar-refractivity contribution in [1.29, 1.82) is 0 Å². The first-order valence-electron chi connectivity index (χ1n) is 8.12. The summed E-state index contributed by atoms with van der Waals surface area (Å²) in [6, 6.07) is 36.6. The second kappa shape index (κ2) is 6.71. The van der Waals surface area contributed by atoms with Gasteiger partial charge < -0.3 is 0 Å². The molecule has 0 saturated carbocycles. The fourth-order valence-corrected chi connectivity index (χ4v) is 3.43. The van der Waals surface area contributed by atoms with Crippen LogP contribution in [-0.4, -0.2) is 0 Å². The molecule has 0 saturated heterocycles. The summed E-state index contributed by atoms with van der Waals surface area (Å²) >= 11 is 0. The summed E-state index contributed by atoms with van der Waals surface area (Å²) in [4.78, 5) is 0. The van der Waals surface area contributed by atoms with E-state index >= 15 is 0 Å². The average Bonchev–Trinajstić information content (AvgIpc) is 2.65. The van der Waals surface area contributed by atoms with Gasteiger partial charge in [0, 0.05) is 32.7 Å². The molecule has 0 heterocycles. The Morgan fingerprint density at radius 2 is 1.20 bits per heavy atom. The Morgan fingerprint density at radius 1 is 0.520 bits per heavy atom. The Morgan fingerprint density at radius 3 is 1.92 bits per heavy atom. The van der Waals surface area contributed by atoms with Gasteiger partial charge in [-0.05, 0) is 33.7 Å². The molecule has 0 unspecified atom stereocenters. The van der Waals surface area contributed by atoms with Crippen LogP contribution in [0.15, 0.2) is 84.9 Å². The molecule has 0 amide bonds. The minimum atomic E-state index is 0. The summed E-state index contributed by atoms with van der Waals surface area (Å²) in [7, 11) is 0. The predicted octanol–water partition coefficient (Wildman–Crippen LogP) is 6.41. The molecule has 5 aromatic carbocycles. The molecule has 0 fully saturated rings.